The molecule has 1 fully saturated rings. The average Bonchev–Trinajstić information content (AvgIpc) is 3.16. The molecule has 0 bridgehead atoms. The highest BCUT2D eigenvalue weighted by Gasteiger charge is 2.28. The van der Waals surface area contributed by atoms with Crippen LogP contribution in [0.25, 0.3) is 10.9 Å². The van der Waals surface area contributed by atoms with Gasteiger partial charge in [-0.2, -0.15) is 14.7 Å². The number of non-ortho nitro benzene ring substituents is 1. The number of nitriles is 1. The van der Waals surface area contributed by atoms with Crippen molar-refractivity contribution in [3.05, 3.63) is 64.3 Å². The molecule has 0 atom stereocenters. The number of aromatic nitrogens is 2. The normalized spacial score (nSPS) is 15.8. The zero-order valence-corrected chi connectivity index (χ0v) is 16.7. The summed E-state index contributed by atoms with van der Waals surface area (Å²) in [5, 5.41) is 24.8. The number of benzene rings is 2. The van der Waals surface area contributed by atoms with Gasteiger partial charge in [-0.05, 0) is 30.3 Å². The molecule has 0 amide bonds. The Morgan fingerprint density at radius 1 is 1.10 bits per heavy atom. The van der Waals surface area contributed by atoms with Gasteiger partial charge in [0.2, 0.25) is 10.0 Å². The maximum Gasteiger partial charge on any atom is 0.270 e. The second kappa shape index (κ2) is 7.83. The molecule has 154 valence electrons. The van der Waals surface area contributed by atoms with Crippen molar-refractivity contribution in [3.63, 3.8) is 0 Å². The maximum atomic E-state index is 12.8. The maximum absolute atomic E-state index is 12.8. The smallest absolute Gasteiger partial charge is 0.270 e. The predicted molar refractivity (Wildman–Crippen MR) is 108 cm³/mol. The molecular formula is C19H18N6O4S. The summed E-state index contributed by atoms with van der Waals surface area (Å²) >= 11 is 0. The zero-order chi connectivity index (χ0) is 21.3. The summed E-state index contributed by atoms with van der Waals surface area (Å²) in [7, 11) is -3.61. The highest BCUT2D eigenvalue weighted by atomic mass is 32.2. The van der Waals surface area contributed by atoms with E-state index in [0.717, 1.165) is 5.52 Å². The van der Waals surface area contributed by atoms with Crippen molar-refractivity contribution in [2.24, 2.45) is 0 Å². The monoisotopic (exact) mass is 426 g/mol. The van der Waals surface area contributed by atoms with Gasteiger partial charge in [0.1, 0.15) is 0 Å². The van der Waals surface area contributed by atoms with Crippen LogP contribution >= 0.6 is 0 Å². The molecule has 0 aliphatic carbocycles. The summed E-state index contributed by atoms with van der Waals surface area (Å²) < 4.78 is 28.8. The van der Waals surface area contributed by atoms with Crippen molar-refractivity contribution in [1.29, 1.82) is 5.26 Å². The molecule has 0 spiro atoms. The van der Waals surface area contributed by atoms with Gasteiger partial charge in [0, 0.05) is 43.7 Å². The lowest BCUT2D eigenvalue weighted by Crippen LogP contribution is -2.48. The van der Waals surface area contributed by atoms with Gasteiger partial charge in [0.25, 0.3) is 5.69 Å². The molecule has 3 aromatic rings. The number of hydrogen-bond donors (Lipinski definition) is 0. The minimum Gasteiger partial charge on any atom is -0.282 e. The Morgan fingerprint density at radius 2 is 1.80 bits per heavy atom. The van der Waals surface area contributed by atoms with E-state index in [0.29, 0.717) is 43.8 Å². The number of fused-ring (bicyclic) bond motifs is 1. The van der Waals surface area contributed by atoms with Crippen LogP contribution in [0.5, 0.6) is 0 Å². The first kappa shape index (κ1) is 20.0. The predicted octanol–water partition coefficient (Wildman–Crippen LogP) is 1.78. The van der Waals surface area contributed by atoms with Crippen LogP contribution in [0.1, 0.15) is 5.56 Å². The summed E-state index contributed by atoms with van der Waals surface area (Å²) in [6.45, 7) is 2.21. The second-order valence-electron chi connectivity index (χ2n) is 6.94. The van der Waals surface area contributed by atoms with Gasteiger partial charge in [0.15, 0.2) is 0 Å². The number of piperazine rings is 1. The van der Waals surface area contributed by atoms with E-state index in [2.05, 4.69) is 10.00 Å². The van der Waals surface area contributed by atoms with E-state index < -0.39 is 14.9 Å². The Bertz CT molecular complexity index is 1240. The van der Waals surface area contributed by atoms with Gasteiger partial charge in [-0.3, -0.25) is 19.7 Å². The third-order valence-corrected chi connectivity index (χ3v) is 7.04. The van der Waals surface area contributed by atoms with Crippen LogP contribution in [0, 0.1) is 21.4 Å². The highest BCUT2D eigenvalue weighted by molar-refractivity contribution is 7.89. The standard InChI is InChI=1S/C19H18N6O4S/c20-12-15-1-4-18(5-2-15)30(28,29)23-9-7-22(8-10-23)14-24-19-6-3-17(25(26)27)11-16(19)13-21-24/h1-6,11,13H,7-10,14H2. The fraction of sp³-hybridized carbons (Fsp3) is 0.263. The van der Waals surface area contributed by atoms with Crippen molar-refractivity contribution in [2.75, 3.05) is 26.2 Å². The summed E-state index contributed by atoms with van der Waals surface area (Å²) in [4.78, 5) is 12.7. The third kappa shape index (κ3) is 3.76. The van der Waals surface area contributed by atoms with Gasteiger partial charge in [-0.1, -0.05) is 0 Å². The topological polar surface area (TPSA) is 125 Å². The molecule has 10 nitrogen and oxygen atoms in total. The molecule has 0 unspecified atom stereocenters. The molecule has 0 N–H and O–H groups in total. The molecule has 11 heteroatoms. The van der Waals surface area contributed by atoms with E-state index in [4.69, 9.17) is 5.26 Å². The average molecular weight is 426 g/mol. The number of rotatable bonds is 5. The molecule has 1 aromatic heterocycles. The van der Waals surface area contributed by atoms with E-state index in [1.54, 1.807) is 16.9 Å². The molecule has 30 heavy (non-hydrogen) atoms. The summed E-state index contributed by atoms with van der Waals surface area (Å²) in [6.07, 6.45) is 1.59. The number of nitro groups is 1. The summed E-state index contributed by atoms with van der Waals surface area (Å²) in [5.74, 6) is 0. The Labute approximate surface area is 172 Å². The Balaban J connectivity index is 1.43. The summed E-state index contributed by atoms with van der Waals surface area (Å²) in [5.41, 5.74) is 1.22. The van der Waals surface area contributed by atoms with Gasteiger partial charge in [-0.15, -0.1) is 0 Å². The largest absolute Gasteiger partial charge is 0.282 e. The van der Waals surface area contributed by atoms with Gasteiger partial charge in [-0.25, -0.2) is 8.42 Å². The highest BCUT2D eigenvalue weighted by Crippen LogP contribution is 2.22. The lowest BCUT2D eigenvalue weighted by molar-refractivity contribution is -0.384. The Hall–Kier alpha value is -3.33. The molecular weight excluding hydrogens is 408 g/mol. The Morgan fingerprint density at radius 3 is 2.43 bits per heavy atom. The van der Waals surface area contributed by atoms with E-state index in [9.17, 15) is 18.5 Å². The van der Waals surface area contributed by atoms with Crippen molar-refractivity contribution in [3.8, 4) is 6.07 Å². The van der Waals surface area contributed by atoms with Crippen LogP contribution in [0.4, 0.5) is 5.69 Å². The third-order valence-electron chi connectivity index (χ3n) is 5.12. The van der Waals surface area contributed by atoms with E-state index in [1.165, 1.54) is 40.7 Å². The first-order valence-corrected chi connectivity index (χ1v) is 10.6. The Kier molecular flexibility index (Phi) is 5.21. The molecule has 0 radical (unpaired) electrons. The lowest BCUT2D eigenvalue weighted by atomic mass is 10.2. The molecule has 4 rings (SSSR count). The summed E-state index contributed by atoms with van der Waals surface area (Å²) in [6, 6.07) is 12.5. The van der Waals surface area contributed by atoms with Crippen LogP contribution in [0.2, 0.25) is 0 Å². The second-order valence-corrected chi connectivity index (χ2v) is 8.88. The molecule has 2 aromatic carbocycles. The van der Waals surface area contributed by atoms with Crippen molar-refractivity contribution in [2.45, 2.75) is 11.6 Å². The van der Waals surface area contributed by atoms with Crippen LogP contribution < -0.4 is 0 Å². The minimum atomic E-state index is -3.61. The number of nitro benzene ring substituents is 1. The van der Waals surface area contributed by atoms with E-state index >= 15 is 0 Å². The van der Waals surface area contributed by atoms with Crippen LogP contribution in [0.15, 0.2) is 53.6 Å². The SMILES string of the molecule is N#Cc1ccc(S(=O)(=O)N2CCN(Cn3ncc4cc([N+](=O)[O-])ccc43)CC2)cc1. The molecule has 1 aliphatic rings. The molecule has 1 aliphatic heterocycles. The van der Waals surface area contributed by atoms with Crippen LogP contribution in [-0.4, -0.2) is 58.5 Å². The molecule has 2 heterocycles. The number of hydrogen-bond acceptors (Lipinski definition) is 7. The van der Waals surface area contributed by atoms with Crippen LogP contribution in [0.3, 0.4) is 0 Å². The quantitative estimate of drug-likeness (QED) is 0.450. The van der Waals surface area contributed by atoms with Gasteiger partial charge >= 0.3 is 0 Å². The zero-order valence-electron chi connectivity index (χ0n) is 15.9. The minimum absolute atomic E-state index is 0.0173. The van der Waals surface area contributed by atoms with Gasteiger partial charge < -0.3 is 0 Å². The lowest BCUT2D eigenvalue weighted by Gasteiger charge is -2.33. The van der Waals surface area contributed by atoms with Crippen LogP contribution in [-0.2, 0) is 16.7 Å². The first-order valence-electron chi connectivity index (χ1n) is 9.21. The fourth-order valence-corrected chi connectivity index (χ4v) is 4.87. The van der Waals surface area contributed by atoms with Crippen molar-refractivity contribution >= 4 is 26.6 Å². The van der Waals surface area contributed by atoms with Gasteiger partial charge in [0.05, 0.1) is 39.8 Å². The number of nitrogens with zero attached hydrogens (tertiary/aromatic N) is 6. The van der Waals surface area contributed by atoms with Crippen molar-refractivity contribution in [1.82, 2.24) is 19.0 Å². The number of sulfonamides is 1. The fourth-order valence-electron chi connectivity index (χ4n) is 3.45. The first-order chi connectivity index (χ1) is 14.4. The molecule has 0 saturated carbocycles. The van der Waals surface area contributed by atoms with E-state index in [1.807, 2.05) is 6.07 Å². The van der Waals surface area contributed by atoms with E-state index in [-0.39, 0.29) is 10.6 Å². The molecule has 1 saturated heterocycles. The van der Waals surface area contributed by atoms with Crippen molar-refractivity contribution < 1.29 is 13.3 Å².